The summed E-state index contributed by atoms with van der Waals surface area (Å²) in [5.74, 6) is 1.58. The Morgan fingerprint density at radius 3 is 3.06 bits per heavy atom. The van der Waals surface area contributed by atoms with Gasteiger partial charge in [0.1, 0.15) is 0 Å². The highest BCUT2D eigenvalue weighted by Gasteiger charge is 2.17. The minimum absolute atomic E-state index is 0. The van der Waals surface area contributed by atoms with Crippen LogP contribution in [0.4, 0.5) is 0 Å². The molecule has 5 nitrogen and oxygen atoms in total. The van der Waals surface area contributed by atoms with Crippen molar-refractivity contribution < 1.29 is 4.52 Å². The molecule has 1 aromatic rings. The van der Waals surface area contributed by atoms with Gasteiger partial charge in [0.05, 0.1) is 6.54 Å². The zero-order valence-electron chi connectivity index (χ0n) is 10.5. The van der Waals surface area contributed by atoms with Crippen molar-refractivity contribution in [3.8, 4) is 0 Å². The number of aromatic nitrogens is 2. The van der Waals surface area contributed by atoms with Crippen molar-refractivity contribution in [3.63, 3.8) is 0 Å². The van der Waals surface area contributed by atoms with Gasteiger partial charge in [0, 0.05) is 32.1 Å². The molecule has 0 saturated carbocycles. The monoisotopic (exact) mass is 260 g/mol. The Morgan fingerprint density at radius 2 is 2.35 bits per heavy atom. The number of aryl methyl sites for hydroxylation is 1. The summed E-state index contributed by atoms with van der Waals surface area (Å²) in [7, 11) is 0. The third-order valence-electron chi connectivity index (χ3n) is 2.80. The molecule has 6 heteroatoms. The van der Waals surface area contributed by atoms with Gasteiger partial charge >= 0.3 is 0 Å². The van der Waals surface area contributed by atoms with E-state index < -0.39 is 0 Å². The summed E-state index contributed by atoms with van der Waals surface area (Å²) in [5.41, 5.74) is 0. The van der Waals surface area contributed by atoms with Crippen LogP contribution in [0.25, 0.3) is 0 Å². The normalized spacial score (nSPS) is 21.2. The van der Waals surface area contributed by atoms with Crippen LogP contribution in [0.5, 0.6) is 0 Å². The molecule has 0 spiro atoms. The van der Waals surface area contributed by atoms with E-state index in [2.05, 4.69) is 34.2 Å². The number of rotatable bonds is 4. The van der Waals surface area contributed by atoms with E-state index in [1.165, 1.54) is 0 Å². The number of nitrogens with one attached hydrogen (secondary N) is 1. The maximum atomic E-state index is 5.23. The molecule has 98 valence electrons. The Labute approximate surface area is 108 Å². The van der Waals surface area contributed by atoms with E-state index in [0.29, 0.717) is 6.04 Å². The highest BCUT2D eigenvalue weighted by molar-refractivity contribution is 5.85. The molecule has 1 saturated heterocycles. The van der Waals surface area contributed by atoms with E-state index in [1.807, 2.05) is 0 Å². The van der Waals surface area contributed by atoms with Crippen LogP contribution >= 0.6 is 12.4 Å². The first-order chi connectivity index (χ1) is 7.78. The average Bonchev–Trinajstić information content (AvgIpc) is 2.66. The lowest BCUT2D eigenvalue weighted by Gasteiger charge is -2.30. The number of nitrogens with zero attached hydrogens (tertiary/aromatic N) is 3. The van der Waals surface area contributed by atoms with Gasteiger partial charge in [0.25, 0.3) is 0 Å². The first-order valence-electron chi connectivity index (χ1n) is 6.05. The van der Waals surface area contributed by atoms with E-state index in [9.17, 15) is 0 Å². The Morgan fingerprint density at radius 1 is 1.53 bits per heavy atom. The van der Waals surface area contributed by atoms with Crippen molar-refractivity contribution in [2.24, 2.45) is 0 Å². The molecule has 1 fully saturated rings. The SMILES string of the molecule is CCCc1noc(CN2CCNC(C)C2)n1.Cl. The van der Waals surface area contributed by atoms with E-state index >= 15 is 0 Å². The standard InChI is InChI=1S/C11H20N4O.ClH/c1-3-4-10-13-11(16-14-10)8-15-6-5-12-9(2)7-15;/h9,12H,3-8H2,1-2H3;1H. The molecule has 1 aromatic heterocycles. The molecule has 1 atom stereocenters. The molecule has 0 radical (unpaired) electrons. The summed E-state index contributed by atoms with van der Waals surface area (Å²) >= 11 is 0. The molecular formula is C11H21ClN4O. The fourth-order valence-corrected chi connectivity index (χ4v) is 2.03. The smallest absolute Gasteiger partial charge is 0.240 e. The maximum Gasteiger partial charge on any atom is 0.240 e. The van der Waals surface area contributed by atoms with Crippen molar-refractivity contribution in [3.05, 3.63) is 11.7 Å². The Bertz CT molecular complexity index is 331. The van der Waals surface area contributed by atoms with Crippen molar-refractivity contribution >= 4 is 12.4 Å². The third kappa shape index (κ3) is 4.26. The third-order valence-corrected chi connectivity index (χ3v) is 2.80. The highest BCUT2D eigenvalue weighted by atomic mass is 35.5. The number of hydrogen-bond acceptors (Lipinski definition) is 5. The van der Waals surface area contributed by atoms with E-state index in [4.69, 9.17) is 4.52 Å². The lowest BCUT2D eigenvalue weighted by atomic mass is 10.2. The van der Waals surface area contributed by atoms with Crippen molar-refractivity contribution in [2.45, 2.75) is 39.3 Å². The van der Waals surface area contributed by atoms with Gasteiger partial charge in [-0.25, -0.2) is 0 Å². The molecule has 2 heterocycles. The summed E-state index contributed by atoms with van der Waals surface area (Å²) in [6.45, 7) is 8.23. The zero-order valence-corrected chi connectivity index (χ0v) is 11.3. The van der Waals surface area contributed by atoms with Crippen molar-refractivity contribution in [1.82, 2.24) is 20.4 Å². The predicted octanol–water partition coefficient (Wildman–Crippen LogP) is 1.24. The van der Waals surface area contributed by atoms with E-state index in [1.54, 1.807) is 0 Å². The molecule has 0 aliphatic carbocycles. The van der Waals surface area contributed by atoms with Crippen LogP contribution in [0.2, 0.25) is 0 Å². The zero-order chi connectivity index (χ0) is 11.4. The molecule has 0 amide bonds. The van der Waals surface area contributed by atoms with Crippen LogP contribution in [-0.4, -0.2) is 40.7 Å². The second kappa shape index (κ2) is 6.93. The molecule has 1 aliphatic rings. The van der Waals surface area contributed by atoms with Crippen LogP contribution in [0.15, 0.2) is 4.52 Å². The second-order valence-corrected chi connectivity index (χ2v) is 4.44. The van der Waals surface area contributed by atoms with E-state index in [-0.39, 0.29) is 12.4 Å². The number of hydrogen-bond donors (Lipinski definition) is 1. The van der Waals surface area contributed by atoms with Crippen LogP contribution in [0.3, 0.4) is 0 Å². The van der Waals surface area contributed by atoms with Gasteiger partial charge in [0.15, 0.2) is 5.82 Å². The Balaban J connectivity index is 0.00000144. The average molecular weight is 261 g/mol. The van der Waals surface area contributed by atoms with Gasteiger partial charge in [-0.3, -0.25) is 4.90 Å². The molecule has 2 rings (SSSR count). The topological polar surface area (TPSA) is 54.2 Å². The first kappa shape index (κ1) is 14.4. The fraction of sp³-hybridized carbons (Fsp3) is 0.818. The van der Waals surface area contributed by atoms with Crippen molar-refractivity contribution in [1.29, 1.82) is 0 Å². The van der Waals surface area contributed by atoms with Crippen LogP contribution < -0.4 is 5.32 Å². The minimum atomic E-state index is 0. The first-order valence-corrected chi connectivity index (χ1v) is 6.05. The quantitative estimate of drug-likeness (QED) is 0.883. The van der Waals surface area contributed by atoms with Crippen LogP contribution in [0.1, 0.15) is 32.0 Å². The molecule has 1 aliphatic heterocycles. The van der Waals surface area contributed by atoms with Gasteiger partial charge in [-0.2, -0.15) is 4.98 Å². The van der Waals surface area contributed by atoms with Gasteiger partial charge in [-0.15, -0.1) is 12.4 Å². The maximum absolute atomic E-state index is 5.23. The molecule has 17 heavy (non-hydrogen) atoms. The Kier molecular flexibility index (Phi) is 5.88. The summed E-state index contributed by atoms with van der Waals surface area (Å²) in [6.07, 6.45) is 1.96. The second-order valence-electron chi connectivity index (χ2n) is 4.44. The number of piperazine rings is 1. The fourth-order valence-electron chi connectivity index (χ4n) is 2.03. The van der Waals surface area contributed by atoms with Gasteiger partial charge in [-0.05, 0) is 13.3 Å². The number of halogens is 1. The molecular weight excluding hydrogens is 240 g/mol. The molecule has 1 unspecified atom stereocenters. The summed E-state index contributed by atoms with van der Waals surface area (Å²) < 4.78 is 5.23. The minimum Gasteiger partial charge on any atom is -0.338 e. The lowest BCUT2D eigenvalue weighted by Crippen LogP contribution is -2.48. The molecule has 1 N–H and O–H groups in total. The predicted molar refractivity (Wildman–Crippen MR) is 68.3 cm³/mol. The van der Waals surface area contributed by atoms with Gasteiger partial charge in [-0.1, -0.05) is 12.1 Å². The Hall–Kier alpha value is -0.650. The summed E-state index contributed by atoms with van der Waals surface area (Å²) in [6, 6.07) is 0.548. The summed E-state index contributed by atoms with van der Waals surface area (Å²) in [5, 5.41) is 7.38. The van der Waals surface area contributed by atoms with Crippen LogP contribution in [0, 0.1) is 0 Å². The van der Waals surface area contributed by atoms with Crippen molar-refractivity contribution in [2.75, 3.05) is 19.6 Å². The lowest BCUT2D eigenvalue weighted by molar-refractivity contribution is 0.177. The molecule has 0 aromatic carbocycles. The van der Waals surface area contributed by atoms with E-state index in [0.717, 1.165) is 50.7 Å². The van der Waals surface area contributed by atoms with Crippen LogP contribution in [-0.2, 0) is 13.0 Å². The molecule has 0 bridgehead atoms. The van der Waals surface area contributed by atoms with Gasteiger partial charge in [0.2, 0.25) is 5.89 Å². The van der Waals surface area contributed by atoms with Gasteiger partial charge < -0.3 is 9.84 Å². The summed E-state index contributed by atoms with van der Waals surface area (Å²) in [4.78, 5) is 6.73. The highest BCUT2D eigenvalue weighted by Crippen LogP contribution is 2.06. The largest absolute Gasteiger partial charge is 0.338 e.